The Labute approximate surface area is 69.1 Å². The first kappa shape index (κ1) is 10.5. The van der Waals surface area contributed by atoms with Crippen LogP contribution in [0.4, 0.5) is 0 Å². The number of nitrogens with two attached hydrogens (primary N) is 1. The molecule has 11 heavy (non-hydrogen) atoms. The fraction of sp³-hybridized carbons (Fsp3) is 0.778. The molecule has 0 bridgehead atoms. The third kappa shape index (κ3) is 9.50. The second kappa shape index (κ2) is 7.61. The molecule has 2 nitrogen and oxygen atoms in total. The van der Waals surface area contributed by atoms with E-state index in [0.717, 1.165) is 31.4 Å². The maximum atomic E-state index is 8.48. The van der Waals surface area contributed by atoms with Crippen molar-refractivity contribution in [1.82, 2.24) is 0 Å². The van der Waals surface area contributed by atoms with Gasteiger partial charge in [-0.2, -0.15) is 0 Å². The van der Waals surface area contributed by atoms with E-state index >= 15 is 0 Å². The lowest BCUT2D eigenvalue weighted by Crippen LogP contribution is -1.93. The molecule has 0 aromatic rings. The minimum atomic E-state index is 0.323. The van der Waals surface area contributed by atoms with E-state index < -0.39 is 0 Å². The Morgan fingerprint density at radius 3 is 2.18 bits per heavy atom. The van der Waals surface area contributed by atoms with Gasteiger partial charge in [-0.3, -0.25) is 0 Å². The van der Waals surface area contributed by atoms with Gasteiger partial charge in [0.1, 0.15) is 0 Å². The van der Waals surface area contributed by atoms with Crippen molar-refractivity contribution in [2.24, 2.45) is 5.73 Å². The molecule has 0 aliphatic heterocycles. The van der Waals surface area contributed by atoms with Gasteiger partial charge >= 0.3 is 0 Å². The predicted octanol–water partition coefficient (Wildman–Crippen LogP) is 1.79. The van der Waals surface area contributed by atoms with Crippen LogP contribution in [0.2, 0.25) is 0 Å². The maximum Gasteiger partial charge on any atom is 0.0431 e. The topological polar surface area (TPSA) is 46.2 Å². The van der Waals surface area contributed by atoms with Crippen LogP contribution in [0.1, 0.15) is 38.5 Å². The molecule has 0 spiro atoms. The van der Waals surface area contributed by atoms with E-state index in [1.54, 1.807) is 0 Å². The molecule has 0 aliphatic rings. The standard InChI is InChI=1S/C9H19NO/c1-9(10)7-5-3-2-4-6-8-11/h11H,1-8,10H2. The van der Waals surface area contributed by atoms with E-state index in [1.165, 1.54) is 12.8 Å². The Balaban J connectivity index is 2.85. The van der Waals surface area contributed by atoms with E-state index in [1.807, 2.05) is 0 Å². The predicted molar refractivity (Wildman–Crippen MR) is 48.1 cm³/mol. The monoisotopic (exact) mass is 157 g/mol. The van der Waals surface area contributed by atoms with Gasteiger partial charge in [0.15, 0.2) is 0 Å². The Hall–Kier alpha value is -0.500. The molecule has 0 atom stereocenters. The van der Waals surface area contributed by atoms with Crippen LogP contribution in [0.5, 0.6) is 0 Å². The molecule has 0 aromatic heterocycles. The number of hydrogen-bond acceptors (Lipinski definition) is 2. The van der Waals surface area contributed by atoms with Gasteiger partial charge in [0.05, 0.1) is 0 Å². The lowest BCUT2D eigenvalue weighted by atomic mass is 10.1. The third-order valence-electron chi connectivity index (χ3n) is 1.66. The van der Waals surface area contributed by atoms with Crippen molar-refractivity contribution in [3.05, 3.63) is 12.3 Å². The molecule has 0 rings (SSSR count). The molecule has 66 valence electrons. The van der Waals surface area contributed by atoms with Crippen molar-refractivity contribution in [3.8, 4) is 0 Å². The van der Waals surface area contributed by atoms with Gasteiger partial charge in [-0.25, -0.2) is 0 Å². The third-order valence-corrected chi connectivity index (χ3v) is 1.66. The average Bonchev–Trinajstić information content (AvgIpc) is 1.96. The lowest BCUT2D eigenvalue weighted by Gasteiger charge is -1.99. The SMILES string of the molecule is C=C(N)CCCCCCCO. The first-order chi connectivity index (χ1) is 5.27. The highest BCUT2D eigenvalue weighted by Crippen LogP contribution is 2.06. The van der Waals surface area contributed by atoms with Crippen LogP contribution < -0.4 is 5.73 Å². The van der Waals surface area contributed by atoms with E-state index in [2.05, 4.69) is 6.58 Å². The summed E-state index contributed by atoms with van der Waals surface area (Å²) in [7, 11) is 0. The van der Waals surface area contributed by atoms with Gasteiger partial charge < -0.3 is 10.8 Å². The summed E-state index contributed by atoms with van der Waals surface area (Å²) in [6.45, 7) is 3.95. The van der Waals surface area contributed by atoms with Gasteiger partial charge in [-0.05, 0) is 19.3 Å². The second-order valence-corrected chi connectivity index (χ2v) is 2.90. The Morgan fingerprint density at radius 1 is 1.09 bits per heavy atom. The molecule has 0 aliphatic carbocycles. The fourth-order valence-electron chi connectivity index (χ4n) is 0.994. The molecule has 0 fully saturated rings. The molecule has 0 saturated carbocycles. The zero-order chi connectivity index (χ0) is 8.53. The quantitative estimate of drug-likeness (QED) is 0.553. The number of aliphatic hydroxyl groups excluding tert-OH is 1. The largest absolute Gasteiger partial charge is 0.403 e. The van der Waals surface area contributed by atoms with Crippen molar-refractivity contribution in [2.75, 3.05) is 6.61 Å². The number of rotatable bonds is 7. The highest BCUT2D eigenvalue weighted by atomic mass is 16.2. The number of unbranched alkanes of at least 4 members (excludes halogenated alkanes) is 4. The van der Waals surface area contributed by atoms with Crippen LogP contribution in [0.3, 0.4) is 0 Å². The van der Waals surface area contributed by atoms with Crippen LogP contribution in [0.15, 0.2) is 12.3 Å². The van der Waals surface area contributed by atoms with Crippen molar-refractivity contribution < 1.29 is 5.11 Å². The second-order valence-electron chi connectivity index (χ2n) is 2.90. The summed E-state index contributed by atoms with van der Waals surface area (Å²) in [4.78, 5) is 0. The molecule has 0 heterocycles. The minimum Gasteiger partial charge on any atom is -0.403 e. The van der Waals surface area contributed by atoms with E-state index in [4.69, 9.17) is 10.8 Å². The zero-order valence-electron chi connectivity index (χ0n) is 7.18. The van der Waals surface area contributed by atoms with Gasteiger partial charge in [0.2, 0.25) is 0 Å². The van der Waals surface area contributed by atoms with Crippen LogP contribution in [0, 0.1) is 0 Å². The van der Waals surface area contributed by atoms with Gasteiger partial charge in [0.25, 0.3) is 0 Å². The normalized spacial score (nSPS) is 9.91. The van der Waals surface area contributed by atoms with Gasteiger partial charge in [-0.15, -0.1) is 0 Å². The van der Waals surface area contributed by atoms with E-state index in [9.17, 15) is 0 Å². The van der Waals surface area contributed by atoms with Gasteiger partial charge in [0, 0.05) is 12.3 Å². The Bertz CT molecular complexity index is 102. The molecule has 2 heteroatoms. The Morgan fingerprint density at radius 2 is 1.64 bits per heavy atom. The first-order valence-electron chi connectivity index (χ1n) is 4.31. The Kier molecular flexibility index (Phi) is 7.26. The molecule has 0 unspecified atom stereocenters. The molecular weight excluding hydrogens is 138 g/mol. The number of hydrogen-bond donors (Lipinski definition) is 2. The van der Waals surface area contributed by atoms with Crippen LogP contribution in [0.25, 0.3) is 0 Å². The summed E-state index contributed by atoms with van der Waals surface area (Å²) >= 11 is 0. The summed E-state index contributed by atoms with van der Waals surface area (Å²) in [5.74, 6) is 0. The van der Waals surface area contributed by atoms with Crippen LogP contribution in [-0.4, -0.2) is 11.7 Å². The lowest BCUT2D eigenvalue weighted by molar-refractivity contribution is 0.282. The maximum absolute atomic E-state index is 8.48. The van der Waals surface area contributed by atoms with Crippen molar-refractivity contribution >= 4 is 0 Å². The van der Waals surface area contributed by atoms with Crippen LogP contribution in [-0.2, 0) is 0 Å². The molecule has 3 N–H and O–H groups in total. The molecule has 0 aromatic carbocycles. The van der Waals surface area contributed by atoms with Crippen molar-refractivity contribution in [2.45, 2.75) is 38.5 Å². The molecular formula is C9H19NO. The number of aliphatic hydroxyl groups is 1. The zero-order valence-corrected chi connectivity index (χ0v) is 7.18. The van der Waals surface area contributed by atoms with Crippen molar-refractivity contribution in [1.29, 1.82) is 0 Å². The van der Waals surface area contributed by atoms with Gasteiger partial charge in [-0.1, -0.05) is 25.8 Å². The molecule has 0 amide bonds. The highest BCUT2D eigenvalue weighted by Gasteiger charge is 1.90. The summed E-state index contributed by atoms with van der Waals surface area (Å²) < 4.78 is 0. The van der Waals surface area contributed by atoms with E-state index in [-0.39, 0.29) is 0 Å². The van der Waals surface area contributed by atoms with E-state index in [0.29, 0.717) is 6.61 Å². The fourth-order valence-corrected chi connectivity index (χ4v) is 0.994. The molecule has 0 radical (unpaired) electrons. The minimum absolute atomic E-state index is 0.323. The number of allylic oxidation sites excluding steroid dienone is 1. The van der Waals surface area contributed by atoms with Crippen LogP contribution >= 0.6 is 0 Å². The average molecular weight is 157 g/mol. The summed E-state index contributed by atoms with van der Waals surface area (Å²) in [6.07, 6.45) is 6.56. The summed E-state index contributed by atoms with van der Waals surface area (Å²) in [5, 5.41) is 8.48. The van der Waals surface area contributed by atoms with Crippen molar-refractivity contribution in [3.63, 3.8) is 0 Å². The first-order valence-corrected chi connectivity index (χ1v) is 4.31. The smallest absolute Gasteiger partial charge is 0.0431 e. The summed E-state index contributed by atoms with van der Waals surface area (Å²) in [6, 6.07) is 0. The summed E-state index contributed by atoms with van der Waals surface area (Å²) in [5.41, 5.74) is 6.18. The highest BCUT2D eigenvalue weighted by molar-refractivity contribution is 4.84. The molecule has 0 saturated heterocycles.